The van der Waals surface area contributed by atoms with Crippen LogP contribution in [-0.2, 0) is 34.0 Å². The van der Waals surface area contributed by atoms with E-state index in [1.165, 1.54) is 35.1 Å². The molecular formula is C24H27F3N6O4S. The van der Waals surface area contributed by atoms with E-state index in [-0.39, 0.29) is 36.1 Å². The highest BCUT2D eigenvalue weighted by atomic mass is 32.2. The summed E-state index contributed by atoms with van der Waals surface area (Å²) in [4.78, 5) is 15.8. The molecule has 204 valence electrons. The first-order valence-corrected chi connectivity index (χ1v) is 13.4. The highest BCUT2D eigenvalue weighted by Gasteiger charge is 2.31. The number of primary sulfonamides is 1. The number of likely N-dealkylation sites (tertiary alicyclic amines) is 1. The maximum absolute atomic E-state index is 13.3. The van der Waals surface area contributed by atoms with Crippen molar-refractivity contribution in [1.82, 2.24) is 25.1 Å². The molecule has 0 saturated carbocycles. The molecule has 0 spiro atoms. The lowest BCUT2D eigenvalue weighted by atomic mass is 9.99. The molecule has 3 aromatic rings. The van der Waals surface area contributed by atoms with Crippen LogP contribution in [0.5, 0.6) is 5.75 Å². The van der Waals surface area contributed by atoms with Gasteiger partial charge in [-0.3, -0.25) is 4.79 Å². The van der Waals surface area contributed by atoms with Gasteiger partial charge < -0.3 is 9.64 Å². The van der Waals surface area contributed by atoms with E-state index in [4.69, 9.17) is 9.88 Å². The SMILES string of the molecule is Cc1nnn(Cc2cc(C(F)(F)F)ccc2CCC(=O)N2CC[C@@H](COc3ccc(S(N)(=O)=O)cc3)C2)n1. The Kier molecular flexibility index (Phi) is 8.02. The van der Waals surface area contributed by atoms with Crippen LogP contribution in [0.25, 0.3) is 0 Å². The Morgan fingerprint density at radius 3 is 2.53 bits per heavy atom. The molecule has 2 N–H and O–H groups in total. The molecule has 38 heavy (non-hydrogen) atoms. The number of rotatable bonds is 9. The summed E-state index contributed by atoms with van der Waals surface area (Å²) in [7, 11) is -3.78. The van der Waals surface area contributed by atoms with E-state index in [1.54, 1.807) is 11.8 Å². The molecule has 4 rings (SSSR count). The van der Waals surface area contributed by atoms with Gasteiger partial charge in [-0.25, -0.2) is 13.6 Å². The van der Waals surface area contributed by atoms with E-state index in [0.29, 0.717) is 42.4 Å². The number of benzene rings is 2. The molecule has 10 nitrogen and oxygen atoms in total. The molecule has 1 aliphatic rings. The Balaban J connectivity index is 1.33. The lowest BCUT2D eigenvalue weighted by Gasteiger charge is -2.18. The molecule has 0 radical (unpaired) electrons. The molecule has 1 aliphatic heterocycles. The van der Waals surface area contributed by atoms with Gasteiger partial charge in [-0.15, -0.1) is 10.2 Å². The third-order valence-corrected chi connectivity index (χ3v) is 7.21. The summed E-state index contributed by atoms with van der Waals surface area (Å²) in [5, 5.41) is 16.7. The number of tetrazole rings is 1. The quantitative estimate of drug-likeness (QED) is 0.431. The number of alkyl halides is 3. The molecule has 14 heteroatoms. The van der Waals surface area contributed by atoms with E-state index >= 15 is 0 Å². The van der Waals surface area contributed by atoms with Crippen molar-refractivity contribution in [2.75, 3.05) is 19.7 Å². The standard InChI is InChI=1S/C24H27F3N6O4S/c1-16-29-31-33(30-16)14-19-12-20(24(25,26)27)4-2-18(19)3-9-23(34)32-11-10-17(13-32)15-37-21-5-7-22(8-6-21)38(28,35)36/h2,4-8,12,17H,3,9-11,13-15H2,1H3,(H2,28,35,36)/t17-/m1/s1. The van der Waals surface area contributed by atoms with Gasteiger partial charge in [0.25, 0.3) is 0 Å². The van der Waals surface area contributed by atoms with Gasteiger partial charge in [0.2, 0.25) is 15.9 Å². The molecule has 2 aromatic carbocycles. The maximum atomic E-state index is 13.3. The first-order valence-electron chi connectivity index (χ1n) is 11.9. The zero-order chi connectivity index (χ0) is 27.5. The van der Waals surface area contributed by atoms with E-state index < -0.39 is 21.8 Å². The van der Waals surface area contributed by atoms with E-state index in [2.05, 4.69) is 15.4 Å². The van der Waals surface area contributed by atoms with Crippen molar-refractivity contribution in [2.45, 2.75) is 43.8 Å². The van der Waals surface area contributed by atoms with Crippen molar-refractivity contribution in [2.24, 2.45) is 11.1 Å². The highest BCUT2D eigenvalue weighted by Crippen LogP contribution is 2.31. The number of ether oxygens (including phenoxy) is 1. The minimum Gasteiger partial charge on any atom is -0.493 e. The van der Waals surface area contributed by atoms with Crippen LogP contribution >= 0.6 is 0 Å². The van der Waals surface area contributed by atoms with Gasteiger partial charge in [-0.2, -0.15) is 18.0 Å². The largest absolute Gasteiger partial charge is 0.493 e. The van der Waals surface area contributed by atoms with E-state index in [1.807, 2.05) is 0 Å². The molecule has 1 fully saturated rings. The summed E-state index contributed by atoms with van der Waals surface area (Å²) in [6.07, 6.45) is -3.34. The van der Waals surface area contributed by atoms with Crippen LogP contribution < -0.4 is 9.88 Å². The summed E-state index contributed by atoms with van der Waals surface area (Å²) in [5.41, 5.74) is 0.218. The number of hydrogen-bond acceptors (Lipinski definition) is 7. The molecule has 1 aromatic heterocycles. The molecule has 0 aliphatic carbocycles. The monoisotopic (exact) mass is 552 g/mol. The van der Waals surface area contributed by atoms with Gasteiger partial charge >= 0.3 is 6.18 Å². The minimum atomic E-state index is -4.49. The number of carbonyl (C=O) groups excluding carboxylic acids is 1. The van der Waals surface area contributed by atoms with Crippen LogP contribution in [0.2, 0.25) is 0 Å². The number of halogens is 3. The molecule has 0 bridgehead atoms. The number of aromatic nitrogens is 4. The minimum absolute atomic E-state index is 0.00800. The lowest BCUT2D eigenvalue weighted by Crippen LogP contribution is -2.29. The maximum Gasteiger partial charge on any atom is 0.416 e. The lowest BCUT2D eigenvalue weighted by molar-refractivity contribution is -0.137. The van der Waals surface area contributed by atoms with Gasteiger partial charge in [0.05, 0.1) is 23.6 Å². The predicted octanol–water partition coefficient (Wildman–Crippen LogP) is 2.56. The van der Waals surface area contributed by atoms with Gasteiger partial charge in [0, 0.05) is 25.4 Å². The summed E-state index contributed by atoms with van der Waals surface area (Å²) in [6.45, 7) is 3.05. The van der Waals surface area contributed by atoms with Crippen LogP contribution in [0.3, 0.4) is 0 Å². The zero-order valence-corrected chi connectivity index (χ0v) is 21.4. The second-order valence-corrected chi connectivity index (χ2v) is 10.7. The average Bonchev–Trinajstić information content (AvgIpc) is 3.50. The summed E-state index contributed by atoms with van der Waals surface area (Å²) >= 11 is 0. The Bertz CT molecular complexity index is 1390. The summed E-state index contributed by atoms with van der Waals surface area (Å²) < 4.78 is 68.3. The van der Waals surface area contributed by atoms with Gasteiger partial charge in [-0.05, 0) is 72.5 Å². The molecule has 0 unspecified atom stereocenters. The zero-order valence-electron chi connectivity index (χ0n) is 20.6. The normalized spacial score (nSPS) is 16.1. The van der Waals surface area contributed by atoms with Crippen molar-refractivity contribution in [1.29, 1.82) is 0 Å². The Morgan fingerprint density at radius 2 is 1.89 bits per heavy atom. The Labute approximate surface area is 217 Å². The van der Waals surface area contributed by atoms with Crippen molar-refractivity contribution in [3.63, 3.8) is 0 Å². The van der Waals surface area contributed by atoms with Crippen LogP contribution in [-0.4, -0.2) is 59.1 Å². The fourth-order valence-electron chi connectivity index (χ4n) is 4.27. The molecule has 1 amide bonds. The summed E-state index contributed by atoms with van der Waals surface area (Å²) in [6, 6.07) is 9.26. The summed E-state index contributed by atoms with van der Waals surface area (Å²) in [5.74, 6) is 0.904. The topological polar surface area (TPSA) is 133 Å². The van der Waals surface area contributed by atoms with Gasteiger partial charge in [0.15, 0.2) is 5.82 Å². The number of hydrogen-bond donors (Lipinski definition) is 1. The number of nitrogens with zero attached hydrogens (tertiary/aromatic N) is 5. The van der Waals surface area contributed by atoms with Crippen LogP contribution in [0.4, 0.5) is 13.2 Å². The van der Waals surface area contributed by atoms with Crippen LogP contribution in [0.1, 0.15) is 35.4 Å². The predicted molar refractivity (Wildman–Crippen MR) is 129 cm³/mol. The van der Waals surface area contributed by atoms with Crippen molar-refractivity contribution in [3.05, 3.63) is 65.0 Å². The Morgan fingerprint density at radius 1 is 1.16 bits per heavy atom. The van der Waals surface area contributed by atoms with Crippen LogP contribution in [0.15, 0.2) is 47.4 Å². The van der Waals surface area contributed by atoms with Crippen LogP contribution in [0, 0.1) is 12.8 Å². The first kappa shape index (κ1) is 27.5. The second kappa shape index (κ2) is 11.1. The highest BCUT2D eigenvalue weighted by molar-refractivity contribution is 7.89. The number of aryl methyl sites for hydroxylation is 2. The fraction of sp³-hybridized carbons (Fsp3) is 0.417. The smallest absolute Gasteiger partial charge is 0.416 e. The van der Waals surface area contributed by atoms with E-state index in [0.717, 1.165) is 18.6 Å². The molecule has 2 heterocycles. The van der Waals surface area contributed by atoms with E-state index in [9.17, 15) is 26.4 Å². The van der Waals surface area contributed by atoms with Crippen molar-refractivity contribution < 1.29 is 31.1 Å². The van der Waals surface area contributed by atoms with Gasteiger partial charge in [-0.1, -0.05) is 6.07 Å². The number of carbonyl (C=O) groups is 1. The van der Waals surface area contributed by atoms with Crippen molar-refractivity contribution in [3.8, 4) is 5.75 Å². The second-order valence-electron chi connectivity index (χ2n) is 9.17. The first-order chi connectivity index (χ1) is 17.9. The molecule has 1 saturated heterocycles. The average molecular weight is 553 g/mol. The fourth-order valence-corrected chi connectivity index (χ4v) is 4.79. The Hall–Kier alpha value is -3.52. The third-order valence-electron chi connectivity index (χ3n) is 6.28. The van der Waals surface area contributed by atoms with Gasteiger partial charge in [0.1, 0.15) is 5.75 Å². The third kappa shape index (κ3) is 7.07. The number of nitrogens with two attached hydrogens (primary N) is 1. The molecular weight excluding hydrogens is 525 g/mol. The number of sulfonamides is 1. The number of amides is 1. The van der Waals surface area contributed by atoms with Crippen molar-refractivity contribution >= 4 is 15.9 Å². The molecule has 1 atom stereocenters.